The van der Waals surface area contributed by atoms with Crippen molar-refractivity contribution in [3.8, 4) is 0 Å². The van der Waals surface area contributed by atoms with E-state index in [0.717, 1.165) is 10.9 Å². The van der Waals surface area contributed by atoms with Gasteiger partial charge in [0.1, 0.15) is 0 Å². The van der Waals surface area contributed by atoms with Crippen molar-refractivity contribution < 1.29 is 4.55 Å². The highest BCUT2D eigenvalue weighted by Crippen LogP contribution is 2.23. The summed E-state index contributed by atoms with van der Waals surface area (Å²) in [5.74, 6) is 0. The van der Waals surface area contributed by atoms with Crippen LogP contribution in [0, 0.1) is 6.92 Å². The first kappa shape index (κ1) is 12.7. The highest BCUT2D eigenvalue weighted by molar-refractivity contribution is 8.10. The first-order chi connectivity index (χ1) is 6.88. The van der Waals surface area contributed by atoms with Crippen LogP contribution in [0.25, 0.3) is 0 Å². The molecule has 0 saturated heterocycles. The van der Waals surface area contributed by atoms with Gasteiger partial charge < -0.3 is 4.55 Å². The molecule has 84 valence electrons. The summed E-state index contributed by atoms with van der Waals surface area (Å²) >= 11 is 0. The summed E-state index contributed by atoms with van der Waals surface area (Å²) in [6.07, 6.45) is 0. The molecule has 0 aliphatic heterocycles. The Balaban J connectivity index is 2.76. The lowest BCUT2D eigenvalue weighted by Crippen LogP contribution is -2.19. The van der Waals surface area contributed by atoms with Gasteiger partial charge in [-0.3, -0.25) is 0 Å². The van der Waals surface area contributed by atoms with Crippen LogP contribution < -0.4 is 0 Å². The third kappa shape index (κ3) is 4.78. The van der Waals surface area contributed by atoms with E-state index < -0.39 is 18.8 Å². The number of hydrogen-bond acceptors (Lipinski definition) is 1. The summed E-state index contributed by atoms with van der Waals surface area (Å²) < 4.78 is 9.97. The SMILES string of the molecule is Cc1ccc(S(O)=CC[Si](C)(C)C)cc1. The molecule has 0 spiro atoms. The summed E-state index contributed by atoms with van der Waals surface area (Å²) in [4.78, 5) is 1.03. The van der Waals surface area contributed by atoms with Gasteiger partial charge in [0.25, 0.3) is 0 Å². The van der Waals surface area contributed by atoms with Crippen LogP contribution >= 0.6 is 10.8 Å². The van der Waals surface area contributed by atoms with Gasteiger partial charge in [-0.05, 0) is 41.2 Å². The fourth-order valence-corrected chi connectivity index (χ4v) is 4.34. The molecule has 1 aromatic carbocycles. The molecule has 0 amide bonds. The summed E-state index contributed by atoms with van der Waals surface area (Å²) in [6, 6.07) is 9.20. The average molecular weight is 240 g/mol. The monoisotopic (exact) mass is 240 g/mol. The molecule has 1 unspecified atom stereocenters. The van der Waals surface area contributed by atoms with Crippen LogP contribution in [0.15, 0.2) is 29.2 Å². The third-order valence-corrected chi connectivity index (χ3v) is 5.08. The maximum atomic E-state index is 9.97. The zero-order valence-corrected chi connectivity index (χ0v) is 11.8. The highest BCUT2D eigenvalue weighted by atomic mass is 32.2. The smallest absolute Gasteiger partial charge is 0.0486 e. The molecule has 0 aromatic heterocycles. The molecule has 1 nitrogen and oxygen atoms in total. The zero-order valence-electron chi connectivity index (χ0n) is 9.95. The molecule has 1 rings (SSSR count). The Morgan fingerprint density at radius 1 is 1.20 bits per heavy atom. The van der Waals surface area contributed by atoms with Gasteiger partial charge in [0, 0.05) is 13.0 Å². The number of benzene rings is 1. The predicted molar refractivity (Wildman–Crippen MR) is 73.9 cm³/mol. The molecule has 0 radical (unpaired) electrons. The van der Waals surface area contributed by atoms with E-state index in [1.807, 2.05) is 24.3 Å². The molecule has 1 aromatic rings. The normalized spacial score (nSPS) is 14.2. The lowest BCUT2D eigenvalue weighted by Gasteiger charge is -2.12. The molecule has 1 N–H and O–H groups in total. The zero-order chi connectivity index (χ0) is 11.5. The highest BCUT2D eigenvalue weighted by Gasteiger charge is 2.10. The first-order valence-electron chi connectivity index (χ1n) is 5.21. The molecular weight excluding hydrogens is 220 g/mol. The van der Waals surface area contributed by atoms with Crippen LogP contribution in [0.2, 0.25) is 25.7 Å². The molecular formula is C12H20OSSi. The quantitative estimate of drug-likeness (QED) is 0.619. The Morgan fingerprint density at radius 2 is 1.73 bits per heavy atom. The second-order valence-electron chi connectivity index (χ2n) is 5.06. The van der Waals surface area contributed by atoms with Crippen molar-refractivity contribution in [2.45, 2.75) is 37.5 Å². The second-order valence-corrected chi connectivity index (χ2v) is 12.0. The van der Waals surface area contributed by atoms with E-state index in [1.54, 1.807) is 0 Å². The molecule has 0 bridgehead atoms. The molecule has 0 aliphatic carbocycles. The maximum Gasteiger partial charge on any atom is 0.0486 e. The van der Waals surface area contributed by atoms with Crippen molar-refractivity contribution in [1.29, 1.82) is 0 Å². The van der Waals surface area contributed by atoms with Gasteiger partial charge in [-0.25, -0.2) is 0 Å². The average Bonchev–Trinajstić information content (AvgIpc) is 2.14. The topological polar surface area (TPSA) is 20.2 Å². The van der Waals surface area contributed by atoms with E-state index in [0.29, 0.717) is 0 Å². The number of hydrogen-bond donors (Lipinski definition) is 1. The van der Waals surface area contributed by atoms with Crippen LogP contribution in [-0.2, 0) is 0 Å². The van der Waals surface area contributed by atoms with E-state index >= 15 is 0 Å². The summed E-state index contributed by atoms with van der Waals surface area (Å²) in [6.45, 7) is 9.01. The van der Waals surface area contributed by atoms with Gasteiger partial charge in [0.2, 0.25) is 0 Å². The number of aryl methyl sites for hydroxylation is 1. The van der Waals surface area contributed by atoms with Gasteiger partial charge in [-0.1, -0.05) is 37.3 Å². The van der Waals surface area contributed by atoms with Crippen molar-refractivity contribution in [3.05, 3.63) is 29.8 Å². The van der Waals surface area contributed by atoms with E-state index in [4.69, 9.17) is 0 Å². The minimum Gasteiger partial charge on any atom is -0.333 e. The number of rotatable bonds is 3. The van der Waals surface area contributed by atoms with Crippen molar-refractivity contribution in [3.63, 3.8) is 0 Å². The summed E-state index contributed by atoms with van der Waals surface area (Å²) in [5, 5.41) is 2.07. The maximum absolute atomic E-state index is 9.97. The third-order valence-electron chi connectivity index (χ3n) is 2.12. The van der Waals surface area contributed by atoms with E-state index in [2.05, 4.69) is 31.9 Å². The fraction of sp³-hybridized carbons (Fsp3) is 0.417. The van der Waals surface area contributed by atoms with Crippen molar-refractivity contribution >= 4 is 24.2 Å². The Kier molecular flexibility index (Phi) is 4.31. The van der Waals surface area contributed by atoms with Gasteiger partial charge >= 0.3 is 0 Å². The Bertz CT molecular complexity index is 349. The Labute approximate surface area is 96.3 Å². The molecule has 0 heterocycles. The van der Waals surface area contributed by atoms with Crippen molar-refractivity contribution in [1.82, 2.24) is 0 Å². The van der Waals surface area contributed by atoms with Gasteiger partial charge in [0.15, 0.2) is 0 Å². The summed E-state index contributed by atoms with van der Waals surface area (Å²) in [5.41, 5.74) is 1.24. The van der Waals surface area contributed by atoms with Gasteiger partial charge in [0.05, 0.1) is 0 Å². The molecule has 15 heavy (non-hydrogen) atoms. The van der Waals surface area contributed by atoms with Crippen LogP contribution in [0.3, 0.4) is 0 Å². The largest absolute Gasteiger partial charge is 0.333 e. The van der Waals surface area contributed by atoms with Crippen LogP contribution in [0.5, 0.6) is 0 Å². The lowest BCUT2D eigenvalue weighted by molar-refractivity contribution is 0.660. The molecule has 0 aliphatic rings. The molecule has 1 atom stereocenters. The summed E-state index contributed by atoms with van der Waals surface area (Å²) in [7, 11) is -1.75. The second kappa shape index (κ2) is 5.10. The lowest BCUT2D eigenvalue weighted by atomic mass is 10.2. The molecule has 3 heteroatoms. The van der Waals surface area contributed by atoms with Crippen LogP contribution in [0.1, 0.15) is 5.56 Å². The predicted octanol–water partition coefficient (Wildman–Crippen LogP) is 4.24. The minimum absolute atomic E-state index is 0.678. The van der Waals surface area contributed by atoms with Gasteiger partial charge in [-0.2, -0.15) is 0 Å². The Hall–Kier alpha value is -0.383. The van der Waals surface area contributed by atoms with Crippen LogP contribution in [-0.4, -0.2) is 18.0 Å². The standard InChI is InChI=1S/C12H20OSSi/c1-11-5-7-12(8-6-11)14(13)9-10-15(2,3)4/h5-9,13H,10H2,1-4H3. The Morgan fingerprint density at radius 3 is 2.20 bits per heavy atom. The van der Waals surface area contributed by atoms with E-state index in [1.165, 1.54) is 5.56 Å². The van der Waals surface area contributed by atoms with Gasteiger partial charge in [-0.15, -0.1) is 0 Å². The van der Waals surface area contributed by atoms with Crippen molar-refractivity contribution in [2.24, 2.45) is 0 Å². The first-order valence-corrected chi connectivity index (χ1v) is 10.2. The van der Waals surface area contributed by atoms with E-state index in [-0.39, 0.29) is 0 Å². The molecule has 0 saturated carbocycles. The minimum atomic E-state index is -1.07. The van der Waals surface area contributed by atoms with Crippen molar-refractivity contribution in [2.75, 3.05) is 0 Å². The molecule has 0 fully saturated rings. The van der Waals surface area contributed by atoms with Crippen LogP contribution in [0.4, 0.5) is 0 Å². The fourth-order valence-electron chi connectivity index (χ4n) is 1.10. The van der Waals surface area contributed by atoms with E-state index in [9.17, 15) is 4.55 Å².